The van der Waals surface area contributed by atoms with Crippen molar-refractivity contribution in [2.24, 2.45) is 0 Å². The minimum absolute atomic E-state index is 0.0308. The smallest absolute Gasteiger partial charge is 0.407 e. The first-order valence-electron chi connectivity index (χ1n) is 10.8. The van der Waals surface area contributed by atoms with Crippen LogP contribution in [0.15, 0.2) is 48.5 Å². The lowest BCUT2D eigenvalue weighted by atomic mass is 9.98. The average Bonchev–Trinajstić information content (AvgIpc) is 3.40. The van der Waals surface area contributed by atoms with Crippen LogP contribution in [0.2, 0.25) is 0 Å². The largest absolute Gasteiger partial charge is 0.480 e. The zero-order valence-corrected chi connectivity index (χ0v) is 17.7. The van der Waals surface area contributed by atoms with E-state index in [1.54, 1.807) is 0 Å². The molecule has 1 heterocycles. The van der Waals surface area contributed by atoms with E-state index in [1.165, 1.54) is 0 Å². The van der Waals surface area contributed by atoms with Crippen molar-refractivity contribution in [1.82, 2.24) is 10.2 Å². The summed E-state index contributed by atoms with van der Waals surface area (Å²) >= 11 is 0. The standard InChI is InChI=1S/C24H24F2N2O5/c25-21(26)12-19(22(29)28-11-5-10-20(28)23(30)31)27-24(32)33-13-18-16-8-3-1-6-14(16)15-7-2-4-9-17(15)18/h1-4,6-9,18-21H,5,10-13H2,(H,27,32)(H,30,31)/t19?,20-/m1/s1. The second-order valence-electron chi connectivity index (χ2n) is 8.18. The van der Waals surface area contributed by atoms with Crippen molar-refractivity contribution < 1.29 is 33.0 Å². The normalized spacial score (nSPS) is 18.0. The molecule has 33 heavy (non-hydrogen) atoms. The Labute approximate surface area is 189 Å². The van der Waals surface area contributed by atoms with Crippen LogP contribution < -0.4 is 5.32 Å². The summed E-state index contributed by atoms with van der Waals surface area (Å²) < 4.78 is 31.6. The van der Waals surface area contributed by atoms with Gasteiger partial charge in [-0.1, -0.05) is 48.5 Å². The number of halogens is 2. The molecule has 4 rings (SSSR count). The molecule has 7 nitrogen and oxygen atoms in total. The van der Waals surface area contributed by atoms with Gasteiger partial charge >= 0.3 is 12.1 Å². The van der Waals surface area contributed by atoms with Gasteiger partial charge in [0.25, 0.3) is 0 Å². The number of likely N-dealkylation sites (tertiary alicyclic amines) is 1. The van der Waals surface area contributed by atoms with Crippen LogP contribution in [0.4, 0.5) is 13.6 Å². The molecule has 0 bridgehead atoms. The highest BCUT2D eigenvalue weighted by atomic mass is 19.3. The van der Waals surface area contributed by atoms with Crippen molar-refractivity contribution in [1.29, 1.82) is 0 Å². The predicted molar refractivity (Wildman–Crippen MR) is 115 cm³/mol. The van der Waals surface area contributed by atoms with Crippen LogP contribution in [0.25, 0.3) is 11.1 Å². The number of benzene rings is 2. The second kappa shape index (κ2) is 9.56. The molecule has 2 aromatic rings. The molecule has 2 atom stereocenters. The Hall–Kier alpha value is -3.49. The van der Waals surface area contributed by atoms with Crippen LogP contribution in [-0.2, 0) is 14.3 Å². The number of ether oxygens (including phenoxy) is 1. The van der Waals surface area contributed by atoms with Crippen LogP contribution in [0.3, 0.4) is 0 Å². The average molecular weight is 458 g/mol. The molecule has 1 aliphatic carbocycles. The lowest BCUT2D eigenvalue weighted by molar-refractivity contribution is -0.149. The number of nitrogens with zero attached hydrogens (tertiary/aromatic N) is 1. The number of alkyl halides is 2. The van der Waals surface area contributed by atoms with Gasteiger partial charge in [0.15, 0.2) is 0 Å². The van der Waals surface area contributed by atoms with Gasteiger partial charge in [0.05, 0.1) is 0 Å². The van der Waals surface area contributed by atoms with E-state index >= 15 is 0 Å². The van der Waals surface area contributed by atoms with E-state index in [9.17, 15) is 28.3 Å². The number of carbonyl (C=O) groups excluding carboxylic acids is 2. The molecule has 2 aliphatic rings. The first kappa shape index (κ1) is 22.7. The lowest BCUT2D eigenvalue weighted by Gasteiger charge is -2.27. The third-order valence-corrected chi connectivity index (χ3v) is 6.17. The van der Waals surface area contributed by atoms with E-state index in [4.69, 9.17) is 4.74 Å². The molecule has 9 heteroatoms. The Morgan fingerprint density at radius 3 is 2.24 bits per heavy atom. The summed E-state index contributed by atoms with van der Waals surface area (Å²) in [6.07, 6.45) is -4.09. The maximum Gasteiger partial charge on any atom is 0.407 e. The Balaban J connectivity index is 1.44. The van der Waals surface area contributed by atoms with Gasteiger partial charge in [-0.3, -0.25) is 4.79 Å². The predicted octanol–water partition coefficient (Wildman–Crippen LogP) is 3.62. The van der Waals surface area contributed by atoms with E-state index < -0.39 is 42.9 Å². The van der Waals surface area contributed by atoms with Crippen molar-refractivity contribution in [2.75, 3.05) is 13.2 Å². The highest BCUT2D eigenvalue weighted by Gasteiger charge is 2.39. The van der Waals surface area contributed by atoms with Crippen molar-refractivity contribution in [3.63, 3.8) is 0 Å². The van der Waals surface area contributed by atoms with E-state index in [1.807, 2.05) is 48.5 Å². The van der Waals surface area contributed by atoms with Crippen LogP contribution in [-0.4, -0.2) is 59.6 Å². The highest BCUT2D eigenvalue weighted by Crippen LogP contribution is 2.44. The molecular formula is C24H24F2N2O5. The highest BCUT2D eigenvalue weighted by molar-refractivity contribution is 5.90. The summed E-state index contributed by atoms with van der Waals surface area (Å²) in [5, 5.41) is 11.5. The van der Waals surface area contributed by atoms with Crippen molar-refractivity contribution in [3.05, 3.63) is 59.7 Å². The number of hydrogen-bond acceptors (Lipinski definition) is 4. The lowest BCUT2D eigenvalue weighted by Crippen LogP contribution is -2.52. The fourth-order valence-electron chi connectivity index (χ4n) is 4.67. The van der Waals surface area contributed by atoms with Gasteiger partial charge < -0.3 is 20.1 Å². The van der Waals surface area contributed by atoms with Crippen LogP contribution in [0.1, 0.15) is 36.3 Å². The minimum atomic E-state index is -2.86. The third-order valence-electron chi connectivity index (χ3n) is 6.17. The molecule has 2 N–H and O–H groups in total. The first-order valence-corrected chi connectivity index (χ1v) is 10.8. The monoisotopic (exact) mass is 458 g/mol. The zero-order chi connectivity index (χ0) is 23.5. The molecule has 0 spiro atoms. The van der Waals surface area contributed by atoms with Crippen LogP contribution >= 0.6 is 0 Å². The Kier molecular flexibility index (Phi) is 6.57. The molecular weight excluding hydrogens is 434 g/mol. The number of fused-ring (bicyclic) bond motifs is 3. The zero-order valence-electron chi connectivity index (χ0n) is 17.7. The van der Waals surface area contributed by atoms with E-state index in [2.05, 4.69) is 5.32 Å². The number of amides is 2. The van der Waals surface area contributed by atoms with Gasteiger partial charge in [0, 0.05) is 18.9 Å². The van der Waals surface area contributed by atoms with E-state index in [-0.39, 0.29) is 25.5 Å². The molecule has 174 valence electrons. The summed E-state index contributed by atoms with van der Waals surface area (Å²) in [6.45, 7) is 0.110. The summed E-state index contributed by atoms with van der Waals surface area (Å²) in [5.74, 6) is -2.26. The fourth-order valence-corrected chi connectivity index (χ4v) is 4.67. The molecule has 1 aliphatic heterocycles. The van der Waals surface area contributed by atoms with Gasteiger partial charge in [-0.15, -0.1) is 0 Å². The molecule has 2 amide bonds. The molecule has 1 fully saturated rings. The molecule has 2 aromatic carbocycles. The number of nitrogens with one attached hydrogen (secondary N) is 1. The SMILES string of the molecule is O=C(NC(CC(F)F)C(=O)N1CCC[C@@H]1C(=O)O)OCC1c2ccccc2-c2ccccc21. The maximum absolute atomic E-state index is 13.1. The second-order valence-corrected chi connectivity index (χ2v) is 8.18. The Morgan fingerprint density at radius 1 is 1.06 bits per heavy atom. The number of rotatable bonds is 7. The number of alkyl carbamates (subject to hydrolysis) is 1. The number of aliphatic carboxylic acids is 1. The molecule has 1 unspecified atom stereocenters. The summed E-state index contributed by atoms with van der Waals surface area (Å²) in [4.78, 5) is 37.7. The Morgan fingerprint density at radius 2 is 1.67 bits per heavy atom. The van der Waals surface area contributed by atoms with Gasteiger partial charge in [-0.2, -0.15) is 0 Å². The Bertz CT molecular complexity index is 1020. The number of hydrogen-bond donors (Lipinski definition) is 2. The quantitative estimate of drug-likeness (QED) is 0.661. The van der Waals surface area contributed by atoms with Crippen molar-refractivity contribution in [2.45, 2.75) is 43.7 Å². The topological polar surface area (TPSA) is 95.9 Å². The van der Waals surface area contributed by atoms with E-state index in [0.29, 0.717) is 6.42 Å². The first-order chi connectivity index (χ1) is 15.9. The van der Waals surface area contributed by atoms with Gasteiger partial charge in [-0.05, 0) is 35.1 Å². The van der Waals surface area contributed by atoms with Crippen molar-refractivity contribution in [3.8, 4) is 11.1 Å². The molecule has 0 saturated carbocycles. The molecule has 1 saturated heterocycles. The summed E-state index contributed by atoms with van der Waals surface area (Å²) in [7, 11) is 0. The van der Waals surface area contributed by atoms with E-state index in [0.717, 1.165) is 27.2 Å². The van der Waals surface area contributed by atoms with Crippen LogP contribution in [0, 0.1) is 0 Å². The summed E-state index contributed by atoms with van der Waals surface area (Å²) in [5.41, 5.74) is 4.07. The van der Waals surface area contributed by atoms with Gasteiger partial charge in [0.1, 0.15) is 18.7 Å². The van der Waals surface area contributed by atoms with Crippen LogP contribution in [0.5, 0.6) is 0 Å². The van der Waals surface area contributed by atoms with Gasteiger partial charge in [-0.25, -0.2) is 18.4 Å². The molecule has 0 radical (unpaired) electrons. The molecule has 0 aromatic heterocycles. The van der Waals surface area contributed by atoms with Gasteiger partial charge in [0.2, 0.25) is 12.3 Å². The number of carboxylic acid groups (broad SMARTS) is 1. The van der Waals surface area contributed by atoms with Crippen molar-refractivity contribution >= 4 is 18.0 Å². The minimum Gasteiger partial charge on any atom is -0.480 e. The summed E-state index contributed by atoms with van der Waals surface area (Å²) in [6, 6.07) is 12.9. The number of carbonyl (C=O) groups is 3. The third kappa shape index (κ3) is 4.67. The number of carboxylic acids is 1. The fraction of sp³-hybridized carbons (Fsp3) is 0.375. The maximum atomic E-state index is 13.1.